The van der Waals surface area contributed by atoms with Crippen molar-refractivity contribution in [2.75, 3.05) is 27.4 Å². The van der Waals surface area contributed by atoms with Gasteiger partial charge in [-0.1, -0.05) is 12.1 Å². The van der Waals surface area contributed by atoms with Crippen LogP contribution in [0.25, 0.3) is 5.76 Å². The zero-order chi connectivity index (χ0) is 33.8. The second-order valence-electron chi connectivity index (χ2n) is 11.9. The van der Waals surface area contributed by atoms with Gasteiger partial charge < -0.3 is 56.1 Å². The summed E-state index contributed by atoms with van der Waals surface area (Å²) in [5.74, 6) is -8.72. The number of aliphatic hydroxyl groups is 8. The summed E-state index contributed by atoms with van der Waals surface area (Å²) in [7, 11) is 2.87. The molecule has 11 N–H and O–H groups in total. The Morgan fingerprint density at radius 1 is 1.11 bits per heavy atom. The summed E-state index contributed by atoms with van der Waals surface area (Å²) in [6.45, 7) is -0.239. The van der Waals surface area contributed by atoms with Crippen LogP contribution in [0.2, 0.25) is 0 Å². The third-order valence-corrected chi connectivity index (χ3v) is 9.03. The summed E-state index contributed by atoms with van der Waals surface area (Å²) >= 11 is 0. The monoisotopic (exact) mass is 635 g/mol. The van der Waals surface area contributed by atoms with Crippen molar-refractivity contribution in [2.45, 2.75) is 54.9 Å². The molecule has 1 aromatic carbocycles. The van der Waals surface area contributed by atoms with Gasteiger partial charge in [0.1, 0.15) is 47.4 Å². The maximum absolute atomic E-state index is 14.1. The van der Waals surface area contributed by atoms with Crippen molar-refractivity contribution in [3.63, 3.8) is 0 Å². The lowest BCUT2D eigenvalue weighted by Crippen LogP contribution is -2.67. The molecule has 0 bridgehead atoms. The number of likely N-dealkylation sites (N-methyl/N-ethyl adjacent to an activating group) is 1. The Hall–Kier alpha value is -3.74. The zero-order valence-electron chi connectivity index (χ0n) is 24.6. The van der Waals surface area contributed by atoms with Crippen LogP contribution in [0.5, 0.6) is 5.75 Å². The van der Waals surface area contributed by atoms with Crippen molar-refractivity contribution in [2.24, 2.45) is 11.8 Å². The van der Waals surface area contributed by atoms with Gasteiger partial charge in [0, 0.05) is 17.4 Å². The van der Waals surface area contributed by atoms with Gasteiger partial charge >= 0.3 is 0 Å². The second kappa shape index (κ2) is 12.2. The summed E-state index contributed by atoms with van der Waals surface area (Å²) in [6.07, 6.45) is -5.84. The van der Waals surface area contributed by atoms with E-state index in [4.69, 9.17) is 5.11 Å². The van der Waals surface area contributed by atoms with E-state index in [2.05, 4.69) is 10.6 Å². The summed E-state index contributed by atoms with van der Waals surface area (Å²) in [4.78, 5) is 53.8. The highest BCUT2D eigenvalue weighted by atomic mass is 16.4. The second-order valence-corrected chi connectivity index (χ2v) is 11.9. The molecule has 3 aliphatic carbocycles. The zero-order valence-corrected chi connectivity index (χ0v) is 24.6. The van der Waals surface area contributed by atoms with Gasteiger partial charge in [0.05, 0.1) is 36.5 Å². The number of nitrogens with zero attached hydrogens (tertiary/aromatic N) is 1. The number of aldehydes is 1. The predicted octanol–water partition coefficient (Wildman–Crippen LogP) is -3.55. The molecule has 9 atom stereocenters. The molecule has 3 aliphatic rings. The fourth-order valence-electron chi connectivity index (χ4n) is 6.62. The number of aliphatic hydroxyl groups excluding tert-OH is 6. The lowest BCUT2D eigenvalue weighted by molar-refractivity contribution is -0.159. The van der Waals surface area contributed by atoms with Gasteiger partial charge in [0.15, 0.2) is 11.4 Å². The van der Waals surface area contributed by atoms with Crippen molar-refractivity contribution < 1.29 is 65.1 Å². The number of fused-ring (bicyclic) bond motifs is 3. The van der Waals surface area contributed by atoms with Gasteiger partial charge in [-0.05, 0) is 39.1 Å². The number of aromatic hydroxyl groups is 1. The Bertz CT molecular complexity index is 1470. The molecular formula is C29H37N3O13. The van der Waals surface area contributed by atoms with E-state index in [-0.39, 0.29) is 23.8 Å². The maximum atomic E-state index is 14.1. The lowest BCUT2D eigenvalue weighted by atomic mass is 9.54. The smallest absolute Gasteiger partial charge is 0.259 e. The molecule has 0 radical (unpaired) electrons. The first-order valence-electron chi connectivity index (χ1n) is 14.0. The highest BCUT2D eigenvalue weighted by Crippen LogP contribution is 2.57. The first-order chi connectivity index (χ1) is 21.0. The Morgan fingerprint density at radius 2 is 1.76 bits per heavy atom. The Labute approximate surface area is 256 Å². The first kappa shape index (κ1) is 34.1. The van der Waals surface area contributed by atoms with Crippen LogP contribution < -0.4 is 10.6 Å². The maximum Gasteiger partial charge on any atom is 0.259 e. The third-order valence-electron chi connectivity index (χ3n) is 9.03. The SMILES string of the molecule is CN(C)[C@@H]1C(=O)C(C(=O)NCN[C@@H](C=O)[C@H](O)[C@H](O)[C@H](O)CO)=C(O)[C@]2(O)C(=O)C3=C(O)c4c(O)cccc4[C@](C)(O)[C@H]3C[C@@H]12. The molecule has 1 amide bonds. The van der Waals surface area contributed by atoms with E-state index >= 15 is 0 Å². The van der Waals surface area contributed by atoms with Crippen LogP contribution >= 0.6 is 0 Å². The fraction of sp³-hybridized carbons (Fsp3) is 0.517. The molecule has 0 heterocycles. The molecule has 45 heavy (non-hydrogen) atoms. The van der Waals surface area contributed by atoms with Gasteiger partial charge in [-0.15, -0.1) is 0 Å². The number of rotatable bonds is 10. The van der Waals surface area contributed by atoms with Crippen LogP contribution in [0.15, 0.2) is 35.1 Å². The van der Waals surface area contributed by atoms with Crippen LogP contribution in [-0.2, 0) is 24.8 Å². The van der Waals surface area contributed by atoms with E-state index in [1.54, 1.807) is 0 Å². The van der Waals surface area contributed by atoms with Gasteiger partial charge in [-0.2, -0.15) is 0 Å². The van der Waals surface area contributed by atoms with Crippen molar-refractivity contribution in [1.82, 2.24) is 15.5 Å². The largest absolute Gasteiger partial charge is 0.508 e. The molecule has 0 aliphatic heterocycles. The number of nitrogens with one attached hydrogen (secondary N) is 2. The number of Topliss-reactive ketones (excluding diaryl/α,β-unsaturated/α-hetero) is 2. The summed E-state index contributed by atoms with van der Waals surface area (Å²) in [5.41, 5.74) is -6.50. The summed E-state index contributed by atoms with van der Waals surface area (Å²) < 4.78 is 0. The number of hydrogen-bond acceptors (Lipinski definition) is 15. The number of amides is 1. The highest BCUT2D eigenvalue weighted by molar-refractivity contribution is 6.25. The number of ketones is 2. The van der Waals surface area contributed by atoms with Crippen molar-refractivity contribution in [3.8, 4) is 5.75 Å². The van der Waals surface area contributed by atoms with E-state index in [1.165, 1.54) is 44.1 Å². The number of phenols is 1. The van der Waals surface area contributed by atoms with E-state index in [0.29, 0.717) is 0 Å². The third kappa shape index (κ3) is 5.22. The average molecular weight is 636 g/mol. The van der Waals surface area contributed by atoms with Crippen LogP contribution in [-0.4, -0.2) is 138 Å². The molecule has 0 spiro atoms. The van der Waals surface area contributed by atoms with Gasteiger partial charge in [0.2, 0.25) is 5.78 Å². The number of phenolic OH excluding ortho intramolecular Hbond substituents is 1. The quantitative estimate of drug-likeness (QED) is 0.0674. The minimum absolute atomic E-state index is 0.0972. The predicted molar refractivity (Wildman–Crippen MR) is 152 cm³/mol. The molecule has 1 aromatic rings. The molecule has 0 aromatic heterocycles. The topological polar surface area (TPSA) is 278 Å². The molecule has 16 heteroatoms. The number of benzene rings is 1. The van der Waals surface area contributed by atoms with Crippen molar-refractivity contribution in [1.29, 1.82) is 0 Å². The molecule has 1 saturated carbocycles. The van der Waals surface area contributed by atoms with E-state index < -0.39 is 113 Å². The fourth-order valence-corrected chi connectivity index (χ4v) is 6.62. The van der Waals surface area contributed by atoms with Gasteiger partial charge in [0.25, 0.3) is 5.91 Å². The number of carbonyl (C=O) groups excluding carboxylic acids is 4. The number of carbonyl (C=O) groups is 4. The van der Waals surface area contributed by atoms with E-state index in [9.17, 15) is 60.0 Å². The average Bonchev–Trinajstić information content (AvgIpc) is 2.98. The van der Waals surface area contributed by atoms with Crippen LogP contribution in [0, 0.1) is 11.8 Å². The Balaban J connectivity index is 1.72. The van der Waals surface area contributed by atoms with Crippen LogP contribution in [0.1, 0.15) is 24.5 Å². The van der Waals surface area contributed by atoms with Crippen molar-refractivity contribution >= 4 is 29.5 Å². The molecule has 4 rings (SSSR count). The molecule has 1 fully saturated rings. The van der Waals surface area contributed by atoms with E-state index in [0.717, 1.165) is 0 Å². The van der Waals surface area contributed by atoms with Gasteiger partial charge in [-0.25, -0.2) is 0 Å². The molecular weight excluding hydrogens is 598 g/mol. The van der Waals surface area contributed by atoms with Crippen LogP contribution in [0.4, 0.5) is 0 Å². The first-order valence-corrected chi connectivity index (χ1v) is 14.0. The lowest BCUT2D eigenvalue weighted by Gasteiger charge is -2.53. The van der Waals surface area contributed by atoms with Crippen molar-refractivity contribution in [3.05, 3.63) is 46.2 Å². The number of hydrogen-bond donors (Lipinski definition) is 11. The highest BCUT2D eigenvalue weighted by Gasteiger charge is 2.66. The molecule has 16 nitrogen and oxygen atoms in total. The standard InChI is InChI=1S/C29H37N3O13/c1-28(44)11-5-4-6-15(35)17(11)23(39)18-12(28)7-13-20(32(2)3)24(40)19(26(42)29(13,45)25(18)41)27(43)31-10-30-14(8-33)21(37)22(38)16(36)9-34/h4-6,8,12-14,16,20-22,30,34-39,42,44-45H,7,9-10H2,1-3H3,(H,31,43)/t12-,13-,14-,16+,20-,21-,22+,28-,29+/m0/s1. The van der Waals surface area contributed by atoms with Crippen LogP contribution in [0.3, 0.4) is 0 Å². The molecule has 0 saturated heterocycles. The van der Waals surface area contributed by atoms with E-state index in [1.807, 2.05) is 0 Å². The summed E-state index contributed by atoms with van der Waals surface area (Å²) in [5, 5.41) is 99.5. The minimum Gasteiger partial charge on any atom is -0.508 e. The minimum atomic E-state index is -2.94. The van der Waals surface area contributed by atoms with Gasteiger partial charge in [-0.3, -0.25) is 24.6 Å². The Morgan fingerprint density at radius 3 is 2.33 bits per heavy atom. The normalized spacial score (nSPS) is 30.7. The Kier molecular flexibility index (Phi) is 9.27. The summed E-state index contributed by atoms with van der Waals surface area (Å²) in [6, 6.07) is 1.12. The molecule has 0 unspecified atom stereocenters. The molecule has 246 valence electrons.